The number of carbonyl (C=O) groups is 3. The van der Waals surface area contributed by atoms with Crippen LogP contribution in [-0.2, 0) is 4.79 Å². The highest BCUT2D eigenvalue weighted by atomic mass is 16.5. The van der Waals surface area contributed by atoms with Gasteiger partial charge < -0.3 is 29.3 Å². The monoisotopic (exact) mass is 636 g/mol. The summed E-state index contributed by atoms with van der Waals surface area (Å²) in [6.07, 6.45) is 9.28. The highest BCUT2D eigenvalue weighted by Crippen LogP contribution is 2.35. The van der Waals surface area contributed by atoms with Crippen LogP contribution in [0.3, 0.4) is 0 Å². The zero-order chi connectivity index (χ0) is 33.1. The molecule has 12 heteroatoms. The number of hydrogen-bond donors (Lipinski definition) is 1. The molecule has 244 valence electrons. The fourth-order valence-electron chi connectivity index (χ4n) is 6.27. The van der Waals surface area contributed by atoms with Gasteiger partial charge in [-0.25, -0.2) is 9.97 Å². The molecule has 1 aliphatic heterocycles. The van der Waals surface area contributed by atoms with Gasteiger partial charge in [-0.3, -0.25) is 14.4 Å². The summed E-state index contributed by atoms with van der Waals surface area (Å²) >= 11 is 0. The van der Waals surface area contributed by atoms with Gasteiger partial charge in [0.05, 0.1) is 19.0 Å². The number of carbonyl (C=O) groups excluding carboxylic acids is 3. The molecule has 0 atom stereocenters. The van der Waals surface area contributed by atoms with Gasteiger partial charge in [-0.2, -0.15) is 4.98 Å². The maximum absolute atomic E-state index is 13.1. The zero-order valence-corrected chi connectivity index (χ0v) is 27.3. The van der Waals surface area contributed by atoms with E-state index >= 15 is 0 Å². The molecule has 4 aromatic rings. The number of fused-ring (bicyclic) bond motifs is 1. The molecule has 4 heterocycles. The van der Waals surface area contributed by atoms with Crippen molar-refractivity contribution in [3.63, 3.8) is 0 Å². The van der Waals surface area contributed by atoms with Crippen molar-refractivity contribution in [3.8, 4) is 5.75 Å². The third kappa shape index (κ3) is 6.81. The Morgan fingerprint density at radius 2 is 1.68 bits per heavy atom. The third-order valence-corrected chi connectivity index (χ3v) is 8.87. The summed E-state index contributed by atoms with van der Waals surface area (Å²) in [6.45, 7) is 4.04. The van der Waals surface area contributed by atoms with Gasteiger partial charge in [0.2, 0.25) is 11.9 Å². The average Bonchev–Trinajstić information content (AvgIpc) is 3.76. The van der Waals surface area contributed by atoms with E-state index in [1.54, 1.807) is 74.6 Å². The second-order valence-corrected chi connectivity index (χ2v) is 12.2. The van der Waals surface area contributed by atoms with Crippen molar-refractivity contribution in [2.75, 3.05) is 57.6 Å². The van der Waals surface area contributed by atoms with Crippen LogP contribution in [0.2, 0.25) is 0 Å². The SMILES string of the molecule is COc1ccc(C(=O)/C=C(\C)C(=O)N2CCN(c3ccc(Nc4ncc5cc(C(=O)N(C)C)n(C6CCCC6)c5n4)nc3)CC2)cc1. The summed E-state index contributed by atoms with van der Waals surface area (Å²) in [5, 5.41) is 4.06. The summed E-state index contributed by atoms with van der Waals surface area (Å²) in [6, 6.07) is 12.8. The number of anilines is 3. The van der Waals surface area contributed by atoms with Gasteiger partial charge in [0, 0.05) is 69.0 Å². The standard InChI is InChI=1S/C35H40N8O4/c1-23(19-30(44)24-9-12-28(47-4)13-10-24)33(45)42-17-15-41(16-18-42)27-11-14-31(36-22-27)38-35-37-21-25-20-29(34(46)40(2)3)43(32(25)39-35)26-7-5-6-8-26/h9-14,19-22,26H,5-8,15-18H2,1-4H3,(H,36,37,38,39)/b23-19+. The molecule has 12 nitrogen and oxygen atoms in total. The maximum atomic E-state index is 13.1. The number of amides is 2. The molecular formula is C35H40N8O4. The first-order valence-corrected chi connectivity index (χ1v) is 16.0. The van der Waals surface area contributed by atoms with Gasteiger partial charge in [-0.1, -0.05) is 12.8 Å². The molecule has 3 aromatic heterocycles. The van der Waals surface area contributed by atoms with Crippen LogP contribution in [0.15, 0.2) is 66.5 Å². The number of rotatable bonds is 9. The van der Waals surface area contributed by atoms with Gasteiger partial charge in [0.25, 0.3) is 5.91 Å². The van der Waals surface area contributed by atoms with Crippen molar-refractivity contribution in [2.45, 2.75) is 38.6 Å². The van der Waals surface area contributed by atoms with Crippen LogP contribution in [0.5, 0.6) is 5.75 Å². The van der Waals surface area contributed by atoms with Crippen LogP contribution in [0.4, 0.5) is 17.5 Å². The van der Waals surface area contributed by atoms with E-state index in [-0.39, 0.29) is 23.6 Å². The second-order valence-electron chi connectivity index (χ2n) is 12.2. The van der Waals surface area contributed by atoms with Crippen LogP contribution in [0, 0.1) is 0 Å². The largest absolute Gasteiger partial charge is 0.497 e. The number of piperazine rings is 1. The lowest BCUT2D eigenvalue weighted by Crippen LogP contribution is -2.49. The Morgan fingerprint density at radius 1 is 0.957 bits per heavy atom. The number of aromatic nitrogens is 4. The minimum atomic E-state index is -0.214. The Kier molecular flexibility index (Phi) is 9.19. The number of nitrogens with zero attached hydrogens (tertiary/aromatic N) is 7. The Morgan fingerprint density at radius 3 is 2.32 bits per heavy atom. The number of methoxy groups -OCH3 is 1. The minimum Gasteiger partial charge on any atom is -0.497 e. The topological polar surface area (TPSA) is 126 Å². The number of allylic oxidation sites excluding steroid dienone is 1. The van der Waals surface area contributed by atoms with E-state index in [0.717, 1.165) is 42.4 Å². The second kappa shape index (κ2) is 13.6. The minimum absolute atomic E-state index is 0.0432. The van der Waals surface area contributed by atoms with Gasteiger partial charge in [0.15, 0.2) is 5.78 Å². The molecule has 2 amide bonds. The number of hydrogen-bond acceptors (Lipinski definition) is 9. The van der Waals surface area contributed by atoms with Gasteiger partial charge in [-0.05, 0) is 68.3 Å². The lowest BCUT2D eigenvalue weighted by Gasteiger charge is -2.36. The summed E-state index contributed by atoms with van der Waals surface area (Å²) in [5.74, 6) is 1.29. The van der Waals surface area contributed by atoms with E-state index in [4.69, 9.17) is 9.72 Å². The Hall–Kier alpha value is -5.26. The Bertz CT molecular complexity index is 1800. The Labute approximate surface area is 274 Å². The smallest absolute Gasteiger partial charge is 0.270 e. The van der Waals surface area contributed by atoms with Crippen molar-refractivity contribution in [3.05, 3.63) is 77.8 Å². The van der Waals surface area contributed by atoms with Gasteiger partial charge in [0.1, 0.15) is 22.9 Å². The summed E-state index contributed by atoms with van der Waals surface area (Å²) < 4.78 is 7.24. The molecule has 1 saturated carbocycles. The molecule has 47 heavy (non-hydrogen) atoms. The van der Waals surface area contributed by atoms with Crippen LogP contribution in [0.1, 0.15) is 59.5 Å². The quantitative estimate of drug-likeness (QED) is 0.202. The normalized spacial score (nSPS) is 15.6. The first-order valence-electron chi connectivity index (χ1n) is 16.0. The van der Waals surface area contributed by atoms with E-state index in [1.165, 1.54) is 6.08 Å². The molecule has 1 aromatic carbocycles. The van der Waals surface area contributed by atoms with Crippen molar-refractivity contribution >= 4 is 46.1 Å². The van der Waals surface area contributed by atoms with E-state index in [1.807, 2.05) is 18.2 Å². The predicted molar refractivity (Wildman–Crippen MR) is 180 cm³/mol. The predicted octanol–water partition coefficient (Wildman–Crippen LogP) is 4.87. The molecule has 1 N–H and O–H groups in total. The molecule has 1 aliphatic carbocycles. The molecule has 2 fully saturated rings. The van der Waals surface area contributed by atoms with E-state index in [9.17, 15) is 14.4 Å². The highest BCUT2D eigenvalue weighted by Gasteiger charge is 2.27. The van der Waals surface area contributed by atoms with Crippen molar-refractivity contribution < 1.29 is 19.1 Å². The van der Waals surface area contributed by atoms with Crippen molar-refractivity contribution in [1.82, 2.24) is 29.3 Å². The molecule has 0 bridgehead atoms. The fourth-order valence-corrected chi connectivity index (χ4v) is 6.27. The first kappa shape index (κ1) is 31.7. The van der Waals surface area contributed by atoms with Crippen LogP contribution in [-0.4, -0.2) is 94.3 Å². The number of ketones is 1. The fraction of sp³-hybridized carbons (Fsp3) is 0.371. The van der Waals surface area contributed by atoms with Crippen LogP contribution >= 0.6 is 0 Å². The van der Waals surface area contributed by atoms with Gasteiger partial charge >= 0.3 is 0 Å². The molecule has 0 unspecified atom stereocenters. The first-order chi connectivity index (χ1) is 22.7. The molecule has 0 radical (unpaired) electrons. The highest BCUT2D eigenvalue weighted by molar-refractivity contribution is 6.09. The number of nitrogens with one attached hydrogen (secondary N) is 1. The van der Waals surface area contributed by atoms with E-state index in [0.29, 0.717) is 60.5 Å². The number of ether oxygens (including phenoxy) is 1. The molecular weight excluding hydrogens is 596 g/mol. The van der Waals surface area contributed by atoms with Crippen molar-refractivity contribution in [2.24, 2.45) is 0 Å². The van der Waals surface area contributed by atoms with Crippen LogP contribution < -0.4 is 15.0 Å². The Balaban J connectivity index is 1.08. The van der Waals surface area contributed by atoms with Gasteiger partial charge in [-0.15, -0.1) is 0 Å². The zero-order valence-electron chi connectivity index (χ0n) is 27.3. The molecule has 2 aliphatic rings. The van der Waals surface area contributed by atoms with E-state index < -0.39 is 0 Å². The molecule has 6 rings (SSSR count). The lowest BCUT2D eigenvalue weighted by atomic mass is 10.1. The van der Waals surface area contributed by atoms with E-state index in [2.05, 4.69) is 24.8 Å². The van der Waals surface area contributed by atoms with Crippen molar-refractivity contribution in [1.29, 1.82) is 0 Å². The number of benzene rings is 1. The van der Waals surface area contributed by atoms with Crippen LogP contribution in [0.25, 0.3) is 11.0 Å². The average molecular weight is 637 g/mol. The maximum Gasteiger partial charge on any atom is 0.270 e. The summed E-state index contributed by atoms with van der Waals surface area (Å²) in [7, 11) is 5.10. The summed E-state index contributed by atoms with van der Waals surface area (Å²) in [4.78, 5) is 58.2. The molecule has 0 spiro atoms. The summed E-state index contributed by atoms with van der Waals surface area (Å²) in [5.41, 5.74) is 3.25. The molecule has 1 saturated heterocycles. The third-order valence-electron chi connectivity index (χ3n) is 8.87. The lowest BCUT2D eigenvalue weighted by molar-refractivity contribution is -0.127. The number of pyridine rings is 1.